The second-order valence-electron chi connectivity index (χ2n) is 4.22. The summed E-state index contributed by atoms with van der Waals surface area (Å²) in [6, 6.07) is 4.74. The van der Waals surface area contributed by atoms with E-state index in [2.05, 4.69) is 4.98 Å². The molecule has 0 radical (unpaired) electrons. The summed E-state index contributed by atoms with van der Waals surface area (Å²) in [5.41, 5.74) is 1.53. The van der Waals surface area contributed by atoms with Gasteiger partial charge in [-0.1, -0.05) is 34.8 Å². The lowest BCUT2D eigenvalue weighted by atomic mass is 10.0. The van der Waals surface area contributed by atoms with Gasteiger partial charge in [0, 0.05) is 22.3 Å². The number of rotatable bonds is 4. The van der Waals surface area contributed by atoms with Gasteiger partial charge in [-0.3, -0.25) is 4.79 Å². The van der Waals surface area contributed by atoms with E-state index in [1.165, 1.54) is 13.3 Å². The number of hydrogen-bond acceptors (Lipinski definition) is 3. The van der Waals surface area contributed by atoms with Gasteiger partial charge in [-0.15, -0.1) is 0 Å². The molecule has 0 aliphatic carbocycles. The molecule has 4 nitrogen and oxygen atoms in total. The fraction of sp³-hybridized carbons (Fsp3) is 0.143. The predicted molar refractivity (Wildman–Crippen MR) is 82.6 cm³/mol. The van der Waals surface area contributed by atoms with Crippen LogP contribution in [0.5, 0.6) is 5.88 Å². The third-order valence-corrected chi connectivity index (χ3v) is 3.55. The predicted octanol–water partition coefficient (Wildman–Crippen LogP) is 4.34. The molecule has 2 rings (SSSR count). The van der Waals surface area contributed by atoms with Crippen molar-refractivity contribution >= 4 is 40.8 Å². The molecule has 0 unspecified atom stereocenters. The molecule has 0 aliphatic rings. The largest absolute Gasteiger partial charge is 0.481 e. The molecular formula is C14H10Cl3NO3. The van der Waals surface area contributed by atoms with Crippen LogP contribution in [-0.4, -0.2) is 23.2 Å². The lowest BCUT2D eigenvalue weighted by Crippen LogP contribution is -2.02. The van der Waals surface area contributed by atoms with Gasteiger partial charge in [-0.2, -0.15) is 0 Å². The summed E-state index contributed by atoms with van der Waals surface area (Å²) in [5, 5.41) is 9.94. The molecule has 0 amide bonds. The van der Waals surface area contributed by atoms with E-state index in [0.717, 1.165) is 0 Å². The fourth-order valence-electron chi connectivity index (χ4n) is 1.91. The Labute approximate surface area is 136 Å². The summed E-state index contributed by atoms with van der Waals surface area (Å²) >= 11 is 18.3. The first kappa shape index (κ1) is 15.9. The van der Waals surface area contributed by atoms with Crippen LogP contribution in [0.15, 0.2) is 24.4 Å². The molecule has 0 spiro atoms. The molecule has 0 fully saturated rings. The summed E-state index contributed by atoms with van der Waals surface area (Å²) < 4.78 is 5.19. The highest BCUT2D eigenvalue weighted by atomic mass is 35.5. The number of ether oxygens (including phenoxy) is 1. The lowest BCUT2D eigenvalue weighted by molar-refractivity contribution is -0.136. The minimum Gasteiger partial charge on any atom is -0.481 e. The van der Waals surface area contributed by atoms with Gasteiger partial charge in [0.05, 0.1) is 23.6 Å². The standard InChI is InChI=1S/C14H10Cl3NO3/c1-21-14-9(2-7(6-18-14)3-12(19)20)13-10(16)4-8(15)5-11(13)17/h2,4-6H,3H2,1H3,(H,19,20). The number of carboxylic acids is 1. The SMILES string of the molecule is COc1ncc(CC(=O)O)cc1-c1c(Cl)cc(Cl)cc1Cl. The molecule has 0 saturated heterocycles. The number of methoxy groups -OCH3 is 1. The fourth-order valence-corrected chi connectivity index (χ4v) is 2.93. The Morgan fingerprint density at radius 3 is 2.38 bits per heavy atom. The maximum absolute atomic E-state index is 10.8. The van der Waals surface area contributed by atoms with Crippen molar-refractivity contribution < 1.29 is 14.6 Å². The first-order chi connectivity index (χ1) is 9.92. The number of carbonyl (C=O) groups is 1. The van der Waals surface area contributed by atoms with E-state index in [4.69, 9.17) is 44.6 Å². The van der Waals surface area contributed by atoms with Crippen LogP contribution in [0.1, 0.15) is 5.56 Å². The summed E-state index contributed by atoms with van der Waals surface area (Å²) in [5.74, 6) is -0.656. The molecular weight excluding hydrogens is 337 g/mol. The van der Waals surface area contributed by atoms with Crippen molar-refractivity contribution in [3.05, 3.63) is 45.0 Å². The van der Waals surface area contributed by atoms with Crippen LogP contribution in [0.4, 0.5) is 0 Å². The molecule has 0 saturated carbocycles. The smallest absolute Gasteiger partial charge is 0.307 e. The van der Waals surface area contributed by atoms with Crippen LogP contribution in [0.2, 0.25) is 15.1 Å². The molecule has 1 aromatic heterocycles. The Morgan fingerprint density at radius 1 is 1.24 bits per heavy atom. The van der Waals surface area contributed by atoms with E-state index in [9.17, 15) is 4.79 Å². The first-order valence-electron chi connectivity index (χ1n) is 5.82. The van der Waals surface area contributed by atoms with Crippen LogP contribution in [0.3, 0.4) is 0 Å². The van der Waals surface area contributed by atoms with Crippen molar-refractivity contribution in [3.63, 3.8) is 0 Å². The van der Waals surface area contributed by atoms with Crippen molar-refractivity contribution in [1.29, 1.82) is 0 Å². The van der Waals surface area contributed by atoms with Crippen LogP contribution in [-0.2, 0) is 11.2 Å². The Morgan fingerprint density at radius 2 is 1.86 bits per heavy atom. The van der Waals surface area contributed by atoms with Gasteiger partial charge in [0.25, 0.3) is 0 Å². The van der Waals surface area contributed by atoms with Gasteiger partial charge in [0.2, 0.25) is 5.88 Å². The van der Waals surface area contributed by atoms with Crippen molar-refractivity contribution in [1.82, 2.24) is 4.98 Å². The van der Waals surface area contributed by atoms with Gasteiger partial charge >= 0.3 is 5.97 Å². The van der Waals surface area contributed by atoms with Crippen LogP contribution < -0.4 is 4.74 Å². The van der Waals surface area contributed by atoms with Crippen molar-refractivity contribution in [2.45, 2.75) is 6.42 Å². The summed E-state index contributed by atoms with van der Waals surface area (Å²) in [6.45, 7) is 0. The van der Waals surface area contributed by atoms with E-state index in [0.29, 0.717) is 37.6 Å². The maximum atomic E-state index is 10.8. The minimum absolute atomic E-state index is 0.160. The number of nitrogens with zero attached hydrogens (tertiary/aromatic N) is 1. The zero-order valence-electron chi connectivity index (χ0n) is 10.9. The zero-order chi connectivity index (χ0) is 15.6. The highest BCUT2D eigenvalue weighted by molar-refractivity contribution is 6.41. The Bertz CT molecular complexity index is 681. The zero-order valence-corrected chi connectivity index (χ0v) is 13.1. The number of benzene rings is 1. The number of hydrogen-bond donors (Lipinski definition) is 1. The van der Waals surface area contributed by atoms with Crippen LogP contribution in [0, 0.1) is 0 Å². The monoisotopic (exact) mass is 345 g/mol. The molecule has 110 valence electrons. The summed E-state index contributed by atoms with van der Waals surface area (Å²) in [4.78, 5) is 14.9. The first-order valence-corrected chi connectivity index (χ1v) is 6.95. The highest BCUT2D eigenvalue weighted by Gasteiger charge is 2.17. The molecule has 21 heavy (non-hydrogen) atoms. The molecule has 1 aromatic carbocycles. The molecule has 7 heteroatoms. The Balaban J connectivity index is 2.64. The normalized spacial score (nSPS) is 10.5. The van der Waals surface area contributed by atoms with E-state index in [1.807, 2.05) is 0 Å². The highest BCUT2D eigenvalue weighted by Crippen LogP contribution is 2.40. The average molecular weight is 347 g/mol. The summed E-state index contributed by atoms with van der Waals surface area (Å²) in [6.07, 6.45) is 1.28. The van der Waals surface area contributed by atoms with Crippen LogP contribution in [0.25, 0.3) is 11.1 Å². The number of aliphatic carboxylic acids is 1. The van der Waals surface area contributed by atoms with E-state index >= 15 is 0 Å². The molecule has 1 N–H and O–H groups in total. The van der Waals surface area contributed by atoms with Crippen molar-refractivity contribution in [2.24, 2.45) is 0 Å². The maximum Gasteiger partial charge on any atom is 0.307 e. The van der Waals surface area contributed by atoms with Gasteiger partial charge in [-0.05, 0) is 23.8 Å². The average Bonchev–Trinajstić information content (AvgIpc) is 2.37. The topological polar surface area (TPSA) is 59.4 Å². The molecule has 0 aliphatic heterocycles. The molecule has 0 atom stereocenters. The third-order valence-electron chi connectivity index (χ3n) is 2.73. The van der Waals surface area contributed by atoms with Gasteiger partial charge in [0.15, 0.2) is 0 Å². The second-order valence-corrected chi connectivity index (χ2v) is 5.47. The molecule has 0 bridgehead atoms. The van der Waals surface area contributed by atoms with E-state index in [1.54, 1.807) is 18.2 Å². The summed E-state index contributed by atoms with van der Waals surface area (Å²) in [7, 11) is 1.46. The second kappa shape index (κ2) is 6.52. The van der Waals surface area contributed by atoms with Gasteiger partial charge < -0.3 is 9.84 Å². The number of carboxylic acid groups (broad SMARTS) is 1. The number of halogens is 3. The van der Waals surface area contributed by atoms with Crippen molar-refractivity contribution in [3.8, 4) is 17.0 Å². The van der Waals surface area contributed by atoms with E-state index in [-0.39, 0.29) is 6.42 Å². The van der Waals surface area contributed by atoms with Crippen molar-refractivity contribution in [2.75, 3.05) is 7.11 Å². The van der Waals surface area contributed by atoms with Gasteiger partial charge in [0.1, 0.15) is 0 Å². The minimum atomic E-state index is -0.957. The molecule has 1 heterocycles. The Kier molecular flexibility index (Phi) is 4.93. The lowest BCUT2D eigenvalue weighted by Gasteiger charge is -2.12. The van der Waals surface area contributed by atoms with Crippen LogP contribution >= 0.6 is 34.8 Å². The van der Waals surface area contributed by atoms with Gasteiger partial charge in [-0.25, -0.2) is 4.98 Å². The third kappa shape index (κ3) is 3.59. The molecule has 2 aromatic rings. The quantitative estimate of drug-likeness (QED) is 0.894. The number of aromatic nitrogens is 1. The Hall–Kier alpha value is -1.49. The number of pyridine rings is 1. The van der Waals surface area contributed by atoms with E-state index < -0.39 is 5.97 Å².